The molecule has 7 nitrogen and oxygen atoms in total. The van der Waals surface area contributed by atoms with Crippen LogP contribution in [0.15, 0.2) is 29.2 Å². The van der Waals surface area contributed by atoms with Gasteiger partial charge in [-0.3, -0.25) is 4.79 Å². The number of nitrogens with one attached hydrogen (secondary N) is 1. The zero-order valence-electron chi connectivity index (χ0n) is 17.4. The zero-order valence-corrected chi connectivity index (χ0v) is 17.4. The van der Waals surface area contributed by atoms with Crippen molar-refractivity contribution < 1.29 is 22.3 Å². The summed E-state index contributed by atoms with van der Waals surface area (Å²) in [6, 6.07) is 2.98. The van der Waals surface area contributed by atoms with Crippen LogP contribution in [0, 0.1) is 18.6 Å². The largest absolute Gasteiger partial charge is 0.378 e. The molecule has 1 N–H and O–H groups in total. The Morgan fingerprint density at radius 2 is 1.78 bits per heavy atom. The first-order valence-corrected chi connectivity index (χ1v) is 10.0. The molecule has 3 heterocycles. The normalized spacial score (nSPS) is 15.4. The topological polar surface area (TPSA) is 72.3 Å². The van der Waals surface area contributed by atoms with Crippen LogP contribution in [0.3, 0.4) is 0 Å². The molecule has 1 aromatic carbocycles. The molecule has 1 fully saturated rings. The number of morpholine rings is 1. The molecule has 1 saturated heterocycles. The van der Waals surface area contributed by atoms with Crippen molar-refractivity contribution in [3.05, 3.63) is 63.3 Å². The number of ether oxygens (including phenoxy) is 1. The standard InChI is InChI=1S/C21H21F4N5O2/c1-11(13-4-3-5-14(16(13)22)19(24)25)26-20-15-10-30(29-6-8-32-9-7-29)21(31)17(23)18(15)27-12(2)28-20/h3-5,10-11,19H,6-9H2,1-2H3,(H,26,27,28). The van der Waals surface area contributed by atoms with E-state index in [0.29, 0.717) is 26.3 Å². The molecule has 0 saturated carbocycles. The number of alkyl halides is 2. The summed E-state index contributed by atoms with van der Waals surface area (Å²) in [5.74, 6) is -1.71. The Morgan fingerprint density at radius 1 is 1.09 bits per heavy atom. The lowest BCUT2D eigenvalue weighted by Crippen LogP contribution is -2.49. The fourth-order valence-corrected chi connectivity index (χ4v) is 3.70. The van der Waals surface area contributed by atoms with Crippen LogP contribution in [0.25, 0.3) is 10.9 Å². The zero-order chi connectivity index (χ0) is 23.0. The summed E-state index contributed by atoms with van der Waals surface area (Å²) in [6.07, 6.45) is -1.53. The Kier molecular flexibility index (Phi) is 6.00. The van der Waals surface area contributed by atoms with Crippen molar-refractivity contribution in [1.29, 1.82) is 0 Å². The monoisotopic (exact) mass is 451 g/mol. The molecule has 3 aromatic rings. The van der Waals surface area contributed by atoms with Gasteiger partial charge >= 0.3 is 5.56 Å². The molecule has 1 aliphatic heterocycles. The van der Waals surface area contributed by atoms with Gasteiger partial charge in [0, 0.05) is 11.8 Å². The van der Waals surface area contributed by atoms with Crippen molar-refractivity contribution in [2.24, 2.45) is 0 Å². The molecular formula is C21H21F4N5O2. The molecule has 11 heteroatoms. The molecule has 0 radical (unpaired) electrons. The van der Waals surface area contributed by atoms with Crippen LogP contribution >= 0.6 is 0 Å². The number of nitrogens with zero attached hydrogens (tertiary/aromatic N) is 4. The highest BCUT2D eigenvalue weighted by atomic mass is 19.3. The summed E-state index contributed by atoms with van der Waals surface area (Å²) in [4.78, 5) is 21.0. The first-order chi connectivity index (χ1) is 15.3. The molecule has 0 spiro atoms. The Morgan fingerprint density at radius 3 is 2.47 bits per heavy atom. The number of rotatable bonds is 5. The van der Waals surface area contributed by atoms with Gasteiger partial charge in [0.1, 0.15) is 23.0 Å². The third-order valence-corrected chi connectivity index (χ3v) is 5.32. The molecule has 1 aliphatic rings. The van der Waals surface area contributed by atoms with E-state index >= 15 is 0 Å². The smallest absolute Gasteiger partial charge is 0.307 e. The molecule has 1 unspecified atom stereocenters. The minimum absolute atomic E-state index is 0.00851. The molecular weight excluding hydrogens is 430 g/mol. The van der Waals surface area contributed by atoms with E-state index in [4.69, 9.17) is 4.74 Å². The van der Waals surface area contributed by atoms with E-state index in [0.717, 1.165) is 10.7 Å². The van der Waals surface area contributed by atoms with Gasteiger partial charge in [-0.2, -0.15) is 4.39 Å². The quantitative estimate of drug-likeness (QED) is 0.599. The van der Waals surface area contributed by atoms with Crippen LogP contribution in [-0.4, -0.2) is 40.9 Å². The van der Waals surface area contributed by atoms with Crippen molar-refractivity contribution >= 4 is 16.7 Å². The lowest BCUT2D eigenvalue weighted by Gasteiger charge is -2.30. The van der Waals surface area contributed by atoms with Crippen molar-refractivity contribution in [2.45, 2.75) is 26.3 Å². The average Bonchev–Trinajstić information content (AvgIpc) is 2.77. The number of aryl methyl sites for hydroxylation is 1. The highest BCUT2D eigenvalue weighted by Gasteiger charge is 2.23. The Bertz CT molecular complexity index is 1210. The third-order valence-electron chi connectivity index (χ3n) is 5.32. The molecule has 0 aliphatic carbocycles. The number of hydrogen-bond donors (Lipinski definition) is 1. The Labute approximate surface area is 180 Å². The van der Waals surface area contributed by atoms with Gasteiger partial charge in [0.2, 0.25) is 5.82 Å². The SMILES string of the molecule is Cc1nc(NC(C)c2cccc(C(F)F)c2F)c2cn(N3CCOCC3)c(=O)c(F)c2n1. The van der Waals surface area contributed by atoms with Crippen molar-refractivity contribution in [3.63, 3.8) is 0 Å². The van der Waals surface area contributed by atoms with Crippen LogP contribution in [0.1, 0.15) is 36.3 Å². The molecule has 1 atom stereocenters. The van der Waals surface area contributed by atoms with Crippen molar-refractivity contribution in [2.75, 3.05) is 36.6 Å². The Balaban J connectivity index is 1.79. The van der Waals surface area contributed by atoms with E-state index in [-0.39, 0.29) is 28.1 Å². The van der Waals surface area contributed by atoms with Gasteiger partial charge in [-0.25, -0.2) is 27.8 Å². The second-order valence-electron chi connectivity index (χ2n) is 7.46. The molecule has 4 rings (SSSR count). The fraction of sp³-hybridized carbons (Fsp3) is 0.381. The third kappa shape index (κ3) is 3.99. The minimum atomic E-state index is -2.96. The summed E-state index contributed by atoms with van der Waals surface area (Å²) < 4.78 is 62.2. The highest BCUT2D eigenvalue weighted by Crippen LogP contribution is 2.30. The first-order valence-electron chi connectivity index (χ1n) is 10.0. The van der Waals surface area contributed by atoms with Gasteiger partial charge in [-0.15, -0.1) is 0 Å². The van der Waals surface area contributed by atoms with E-state index in [1.165, 1.54) is 25.3 Å². The van der Waals surface area contributed by atoms with E-state index in [1.807, 2.05) is 0 Å². The molecule has 2 aromatic heterocycles. The maximum Gasteiger partial charge on any atom is 0.307 e. The van der Waals surface area contributed by atoms with Crippen LogP contribution < -0.4 is 15.9 Å². The number of pyridine rings is 1. The van der Waals surface area contributed by atoms with E-state index in [1.54, 1.807) is 11.9 Å². The van der Waals surface area contributed by atoms with Gasteiger partial charge in [-0.05, 0) is 13.8 Å². The number of hydrogen-bond acceptors (Lipinski definition) is 6. The van der Waals surface area contributed by atoms with E-state index in [9.17, 15) is 22.4 Å². The van der Waals surface area contributed by atoms with Crippen LogP contribution in [0.5, 0.6) is 0 Å². The molecule has 170 valence electrons. The van der Waals surface area contributed by atoms with Crippen LogP contribution in [0.4, 0.5) is 23.4 Å². The maximum absolute atomic E-state index is 15.0. The predicted molar refractivity (Wildman–Crippen MR) is 111 cm³/mol. The van der Waals surface area contributed by atoms with Gasteiger partial charge in [-0.1, -0.05) is 18.2 Å². The summed E-state index contributed by atoms with van der Waals surface area (Å²) in [5, 5.41) is 4.82. The number of anilines is 1. The van der Waals surface area contributed by atoms with Crippen molar-refractivity contribution in [1.82, 2.24) is 14.6 Å². The van der Waals surface area contributed by atoms with Crippen molar-refractivity contribution in [3.8, 4) is 0 Å². The number of benzene rings is 1. The number of aromatic nitrogens is 3. The lowest BCUT2D eigenvalue weighted by atomic mass is 10.0. The van der Waals surface area contributed by atoms with Gasteiger partial charge < -0.3 is 15.1 Å². The Hall–Kier alpha value is -3.21. The van der Waals surface area contributed by atoms with Gasteiger partial charge in [0.25, 0.3) is 6.43 Å². The second-order valence-corrected chi connectivity index (χ2v) is 7.46. The summed E-state index contributed by atoms with van der Waals surface area (Å²) in [6.45, 7) is 4.66. The first kappa shape index (κ1) is 22.0. The molecule has 32 heavy (non-hydrogen) atoms. The number of fused-ring (bicyclic) bond motifs is 1. The summed E-state index contributed by atoms with van der Waals surface area (Å²) in [7, 11) is 0. The van der Waals surface area contributed by atoms with Crippen LogP contribution in [-0.2, 0) is 4.74 Å². The number of halogens is 4. The van der Waals surface area contributed by atoms with Gasteiger partial charge in [0.05, 0.1) is 43.3 Å². The second kappa shape index (κ2) is 8.73. The molecule has 0 amide bonds. The van der Waals surface area contributed by atoms with Gasteiger partial charge in [0.15, 0.2) is 0 Å². The maximum atomic E-state index is 15.0. The fourth-order valence-electron chi connectivity index (χ4n) is 3.70. The molecule has 0 bridgehead atoms. The lowest BCUT2D eigenvalue weighted by molar-refractivity contribution is 0.110. The summed E-state index contributed by atoms with van der Waals surface area (Å²) >= 11 is 0. The minimum Gasteiger partial charge on any atom is -0.378 e. The summed E-state index contributed by atoms with van der Waals surface area (Å²) in [5.41, 5.74) is -1.73. The van der Waals surface area contributed by atoms with E-state index in [2.05, 4.69) is 15.3 Å². The average molecular weight is 451 g/mol. The van der Waals surface area contributed by atoms with Crippen LogP contribution in [0.2, 0.25) is 0 Å². The van der Waals surface area contributed by atoms with E-state index < -0.39 is 35.2 Å². The predicted octanol–water partition coefficient (Wildman–Crippen LogP) is 3.46. The highest BCUT2D eigenvalue weighted by molar-refractivity contribution is 5.89.